The number of aromatic amines is 1. The van der Waals surface area contributed by atoms with E-state index in [0.717, 1.165) is 50.5 Å². The van der Waals surface area contributed by atoms with Crippen molar-refractivity contribution in [3.05, 3.63) is 95.8 Å². The average Bonchev–Trinajstić information content (AvgIpc) is 3.44. The third-order valence-electron chi connectivity index (χ3n) is 5.87. The number of nitrogens with one attached hydrogen (secondary N) is 1. The monoisotopic (exact) mass is 463 g/mol. The highest BCUT2D eigenvalue weighted by Gasteiger charge is 2.20. The van der Waals surface area contributed by atoms with Gasteiger partial charge in [0, 0.05) is 5.56 Å². The number of nitrogens with zero attached hydrogens (tertiary/aromatic N) is 4. The quantitative estimate of drug-likeness (QED) is 0.328. The van der Waals surface area contributed by atoms with Crippen LogP contribution in [-0.2, 0) is 6.61 Å². The Morgan fingerprint density at radius 3 is 2.09 bits per heavy atom. The molecule has 0 saturated carbocycles. The summed E-state index contributed by atoms with van der Waals surface area (Å²) >= 11 is 0. The fraction of sp³-hybridized carbons (Fsp3) is 0.143. The molecule has 0 aliphatic carbocycles. The SMILES string of the molecule is COc1c(C)nc(C)c(OCc2ccccc2)c1-c1ccc(-c2ccccc2-c2nn[nH]n2)cc1. The highest BCUT2D eigenvalue weighted by Crippen LogP contribution is 2.43. The minimum atomic E-state index is 0.443. The summed E-state index contributed by atoms with van der Waals surface area (Å²) in [5.74, 6) is 1.98. The lowest BCUT2D eigenvalue weighted by Crippen LogP contribution is -2.04. The standard InChI is InChI=1S/C28H25N5O2/c1-18-26(34-3)25(27(19(2)29-18)35-17-20-9-5-4-6-10-20)22-15-13-21(14-16-22)23-11-7-8-12-24(23)28-30-32-33-31-28/h4-16H,17H2,1-3H3,(H,30,31,32,33). The minimum absolute atomic E-state index is 0.443. The number of benzene rings is 3. The molecule has 5 aromatic rings. The Kier molecular flexibility index (Phi) is 6.22. The molecule has 0 atom stereocenters. The average molecular weight is 464 g/mol. The molecule has 0 radical (unpaired) electrons. The van der Waals surface area contributed by atoms with Crippen LogP contribution in [-0.4, -0.2) is 32.7 Å². The van der Waals surface area contributed by atoms with E-state index < -0.39 is 0 Å². The molecule has 0 unspecified atom stereocenters. The van der Waals surface area contributed by atoms with E-state index in [0.29, 0.717) is 18.2 Å². The molecule has 35 heavy (non-hydrogen) atoms. The van der Waals surface area contributed by atoms with Crippen LogP contribution >= 0.6 is 0 Å². The van der Waals surface area contributed by atoms with Crippen LogP contribution in [0.25, 0.3) is 33.6 Å². The number of hydrogen-bond donors (Lipinski definition) is 1. The summed E-state index contributed by atoms with van der Waals surface area (Å²) in [6.45, 7) is 4.36. The van der Waals surface area contributed by atoms with E-state index >= 15 is 0 Å². The van der Waals surface area contributed by atoms with Crippen LogP contribution in [0.1, 0.15) is 17.0 Å². The van der Waals surface area contributed by atoms with Gasteiger partial charge >= 0.3 is 0 Å². The Bertz CT molecular complexity index is 1430. The third-order valence-corrected chi connectivity index (χ3v) is 5.87. The highest BCUT2D eigenvalue weighted by molar-refractivity contribution is 5.84. The molecule has 0 spiro atoms. The van der Waals surface area contributed by atoms with Gasteiger partial charge < -0.3 is 9.47 Å². The van der Waals surface area contributed by atoms with Crippen molar-refractivity contribution >= 4 is 0 Å². The largest absolute Gasteiger partial charge is 0.494 e. The van der Waals surface area contributed by atoms with Crippen LogP contribution < -0.4 is 9.47 Å². The number of ether oxygens (including phenoxy) is 2. The molecule has 0 aliphatic heterocycles. The Hall–Kier alpha value is -4.52. The van der Waals surface area contributed by atoms with Crippen LogP contribution in [0.4, 0.5) is 0 Å². The summed E-state index contributed by atoms with van der Waals surface area (Å²) in [4.78, 5) is 4.68. The van der Waals surface area contributed by atoms with Gasteiger partial charge in [-0.2, -0.15) is 5.21 Å². The number of aromatic nitrogens is 5. The minimum Gasteiger partial charge on any atom is -0.494 e. The molecule has 2 heterocycles. The number of tetrazole rings is 1. The fourth-order valence-corrected chi connectivity index (χ4v) is 4.26. The van der Waals surface area contributed by atoms with E-state index in [2.05, 4.69) is 55.9 Å². The smallest absolute Gasteiger partial charge is 0.205 e. The first kappa shape index (κ1) is 22.3. The second kappa shape index (κ2) is 9.77. The predicted molar refractivity (Wildman–Crippen MR) is 135 cm³/mol. The zero-order chi connectivity index (χ0) is 24.2. The second-order valence-electron chi connectivity index (χ2n) is 8.15. The van der Waals surface area contributed by atoms with Crippen molar-refractivity contribution in [1.29, 1.82) is 0 Å². The molecule has 174 valence electrons. The first-order valence-electron chi connectivity index (χ1n) is 11.3. The van der Waals surface area contributed by atoms with Gasteiger partial charge in [-0.3, -0.25) is 4.98 Å². The van der Waals surface area contributed by atoms with Crippen LogP contribution in [0.3, 0.4) is 0 Å². The van der Waals surface area contributed by atoms with Crippen LogP contribution in [0.2, 0.25) is 0 Å². The van der Waals surface area contributed by atoms with E-state index in [9.17, 15) is 0 Å². The molecule has 5 rings (SSSR count). The lowest BCUT2D eigenvalue weighted by atomic mass is 9.95. The van der Waals surface area contributed by atoms with Gasteiger partial charge in [0.15, 0.2) is 11.5 Å². The van der Waals surface area contributed by atoms with Crippen LogP contribution in [0.5, 0.6) is 11.5 Å². The van der Waals surface area contributed by atoms with Crippen molar-refractivity contribution in [2.45, 2.75) is 20.5 Å². The second-order valence-corrected chi connectivity index (χ2v) is 8.15. The highest BCUT2D eigenvalue weighted by atomic mass is 16.5. The molecule has 3 aromatic carbocycles. The summed E-state index contributed by atoms with van der Waals surface area (Å²) in [7, 11) is 1.67. The van der Waals surface area contributed by atoms with Gasteiger partial charge in [-0.05, 0) is 41.3 Å². The van der Waals surface area contributed by atoms with Gasteiger partial charge in [0.2, 0.25) is 5.82 Å². The van der Waals surface area contributed by atoms with Crippen molar-refractivity contribution in [3.8, 4) is 45.1 Å². The zero-order valence-corrected chi connectivity index (χ0v) is 19.8. The molecule has 7 heteroatoms. The molecule has 0 amide bonds. The van der Waals surface area contributed by atoms with Crippen molar-refractivity contribution in [1.82, 2.24) is 25.6 Å². The molecule has 7 nitrogen and oxygen atoms in total. The van der Waals surface area contributed by atoms with Gasteiger partial charge in [0.1, 0.15) is 6.61 Å². The molecular weight excluding hydrogens is 438 g/mol. The van der Waals surface area contributed by atoms with Gasteiger partial charge in [-0.1, -0.05) is 78.9 Å². The Morgan fingerprint density at radius 1 is 0.743 bits per heavy atom. The summed E-state index contributed by atoms with van der Waals surface area (Å²) < 4.78 is 12.1. The molecule has 1 N–H and O–H groups in total. The maximum Gasteiger partial charge on any atom is 0.205 e. The topological polar surface area (TPSA) is 85.8 Å². The van der Waals surface area contributed by atoms with E-state index in [1.54, 1.807) is 7.11 Å². The number of rotatable bonds is 7. The molecule has 2 aromatic heterocycles. The lowest BCUT2D eigenvalue weighted by molar-refractivity contribution is 0.301. The van der Waals surface area contributed by atoms with Crippen molar-refractivity contribution in [2.75, 3.05) is 7.11 Å². The fourth-order valence-electron chi connectivity index (χ4n) is 4.26. The third kappa shape index (κ3) is 4.48. The first-order valence-corrected chi connectivity index (χ1v) is 11.3. The maximum absolute atomic E-state index is 6.32. The number of aryl methyl sites for hydroxylation is 2. The number of H-pyrrole nitrogens is 1. The summed E-state index contributed by atoms with van der Waals surface area (Å²) in [5.41, 5.74) is 7.59. The summed E-state index contributed by atoms with van der Waals surface area (Å²) in [5, 5.41) is 14.5. The number of hydrogen-bond acceptors (Lipinski definition) is 6. The molecular formula is C28H25N5O2. The lowest BCUT2D eigenvalue weighted by Gasteiger charge is -2.19. The maximum atomic E-state index is 6.32. The van der Waals surface area contributed by atoms with E-state index in [1.165, 1.54) is 0 Å². The summed E-state index contributed by atoms with van der Waals surface area (Å²) in [6, 6.07) is 26.4. The molecule has 0 bridgehead atoms. The Labute approximate surface area is 203 Å². The van der Waals surface area contributed by atoms with Gasteiger partial charge in [0.25, 0.3) is 0 Å². The predicted octanol–water partition coefficient (Wildman–Crippen LogP) is 5.80. The van der Waals surface area contributed by atoms with Gasteiger partial charge in [-0.15, -0.1) is 10.2 Å². The zero-order valence-electron chi connectivity index (χ0n) is 19.8. The summed E-state index contributed by atoms with van der Waals surface area (Å²) in [6.07, 6.45) is 0. The number of pyridine rings is 1. The van der Waals surface area contributed by atoms with Crippen molar-refractivity contribution in [3.63, 3.8) is 0 Å². The van der Waals surface area contributed by atoms with Gasteiger partial charge in [-0.25, -0.2) is 0 Å². The Balaban J connectivity index is 1.55. The van der Waals surface area contributed by atoms with Crippen molar-refractivity contribution < 1.29 is 9.47 Å². The van der Waals surface area contributed by atoms with Crippen LogP contribution in [0, 0.1) is 13.8 Å². The molecule has 0 aliphatic rings. The van der Waals surface area contributed by atoms with E-state index in [1.807, 2.05) is 62.4 Å². The molecule has 0 fully saturated rings. The van der Waals surface area contributed by atoms with Crippen LogP contribution in [0.15, 0.2) is 78.9 Å². The van der Waals surface area contributed by atoms with E-state index in [4.69, 9.17) is 9.47 Å². The Morgan fingerprint density at radius 2 is 1.40 bits per heavy atom. The number of methoxy groups -OCH3 is 1. The van der Waals surface area contributed by atoms with Crippen molar-refractivity contribution in [2.24, 2.45) is 0 Å². The molecule has 0 saturated heterocycles. The van der Waals surface area contributed by atoms with E-state index in [-0.39, 0.29) is 0 Å². The normalized spacial score (nSPS) is 10.8. The first-order chi connectivity index (χ1) is 17.2. The van der Waals surface area contributed by atoms with Gasteiger partial charge in [0.05, 0.1) is 24.1 Å².